The number of halogens is 1. The number of hydrogen-bond acceptors (Lipinski definition) is 4. The van der Waals surface area contributed by atoms with Gasteiger partial charge in [-0.05, 0) is 30.2 Å². The van der Waals surface area contributed by atoms with E-state index in [1.165, 1.54) is 18.2 Å². The molecule has 0 atom stereocenters. The summed E-state index contributed by atoms with van der Waals surface area (Å²) in [7, 11) is -4.96. The number of hydrogen-bond donors (Lipinski definition) is 1. The standard InChI is InChI=1S/C8H10FNO3S/c1-2-6-5-7(3-4-8(6)10)13-14(9,11)12/h3-5H,2,10H2,1H3. The Morgan fingerprint density at radius 3 is 2.64 bits per heavy atom. The minimum Gasteiger partial charge on any atom is -0.399 e. The zero-order chi connectivity index (χ0) is 10.8. The Bertz CT molecular complexity index is 430. The highest BCUT2D eigenvalue weighted by Crippen LogP contribution is 2.21. The van der Waals surface area contributed by atoms with Crippen LogP contribution in [0.2, 0.25) is 0 Å². The summed E-state index contributed by atoms with van der Waals surface area (Å²) in [6, 6.07) is 4.16. The molecule has 0 heterocycles. The normalized spacial score (nSPS) is 11.3. The molecule has 0 unspecified atom stereocenters. The predicted molar refractivity (Wildman–Crippen MR) is 50.9 cm³/mol. The van der Waals surface area contributed by atoms with Crippen molar-refractivity contribution in [3.05, 3.63) is 23.8 Å². The van der Waals surface area contributed by atoms with E-state index in [2.05, 4.69) is 4.18 Å². The zero-order valence-corrected chi connectivity index (χ0v) is 8.34. The van der Waals surface area contributed by atoms with Gasteiger partial charge in [0.25, 0.3) is 0 Å². The maximum absolute atomic E-state index is 12.1. The lowest BCUT2D eigenvalue weighted by Crippen LogP contribution is -2.02. The van der Waals surface area contributed by atoms with Gasteiger partial charge in [-0.2, -0.15) is 8.42 Å². The highest BCUT2D eigenvalue weighted by atomic mass is 32.3. The van der Waals surface area contributed by atoms with Crippen molar-refractivity contribution >= 4 is 16.2 Å². The van der Waals surface area contributed by atoms with Gasteiger partial charge in [-0.1, -0.05) is 10.8 Å². The molecule has 0 amide bonds. The molecular formula is C8H10FNO3S. The van der Waals surface area contributed by atoms with Gasteiger partial charge in [0.1, 0.15) is 5.75 Å². The minimum absolute atomic E-state index is 0.0708. The second-order valence-corrected chi connectivity index (χ2v) is 3.64. The van der Waals surface area contributed by atoms with Crippen LogP contribution in [0.4, 0.5) is 9.57 Å². The van der Waals surface area contributed by atoms with Gasteiger partial charge in [0.05, 0.1) is 0 Å². The second-order valence-electron chi connectivity index (χ2n) is 2.69. The van der Waals surface area contributed by atoms with Crippen molar-refractivity contribution in [3.8, 4) is 5.75 Å². The smallest absolute Gasteiger partial charge is 0.399 e. The first kappa shape index (κ1) is 10.8. The molecule has 0 aliphatic heterocycles. The molecule has 4 nitrogen and oxygen atoms in total. The van der Waals surface area contributed by atoms with E-state index in [9.17, 15) is 12.3 Å². The molecule has 0 aromatic heterocycles. The van der Waals surface area contributed by atoms with E-state index in [-0.39, 0.29) is 5.75 Å². The summed E-state index contributed by atoms with van der Waals surface area (Å²) >= 11 is 0. The van der Waals surface area contributed by atoms with Gasteiger partial charge in [-0.3, -0.25) is 0 Å². The lowest BCUT2D eigenvalue weighted by molar-refractivity contribution is 0.440. The number of benzene rings is 1. The fourth-order valence-electron chi connectivity index (χ4n) is 1.06. The molecule has 0 fully saturated rings. The van der Waals surface area contributed by atoms with Gasteiger partial charge in [0.15, 0.2) is 0 Å². The fourth-order valence-corrected chi connectivity index (χ4v) is 1.39. The van der Waals surface area contributed by atoms with Crippen LogP contribution in [-0.2, 0) is 16.9 Å². The van der Waals surface area contributed by atoms with Crippen molar-refractivity contribution in [3.63, 3.8) is 0 Å². The van der Waals surface area contributed by atoms with Crippen molar-refractivity contribution < 1.29 is 16.5 Å². The van der Waals surface area contributed by atoms with Crippen LogP contribution in [0.25, 0.3) is 0 Å². The molecular weight excluding hydrogens is 209 g/mol. The van der Waals surface area contributed by atoms with Gasteiger partial charge in [-0.25, -0.2) is 0 Å². The summed E-state index contributed by atoms with van der Waals surface area (Å²) in [5.41, 5.74) is 6.80. The summed E-state index contributed by atoms with van der Waals surface area (Å²) in [4.78, 5) is 0. The van der Waals surface area contributed by atoms with Crippen LogP contribution in [0, 0.1) is 0 Å². The molecule has 0 aliphatic carbocycles. The minimum atomic E-state index is -4.96. The number of rotatable bonds is 3. The second kappa shape index (κ2) is 3.83. The van der Waals surface area contributed by atoms with Gasteiger partial charge in [0, 0.05) is 5.69 Å². The third-order valence-electron chi connectivity index (χ3n) is 1.69. The Hall–Kier alpha value is -1.30. The van der Waals surface area contributed by atoms with E-state index in [1.807, 2.05) is 6.92 Å². The Balaban J connectivity index is 3.01. The molecule has 2 N–H and O–H groups in total. The molecule has 6 heteroatoms. The van der Waals surface area contributed by atoms with Crippen molar-refractivity contribution in [1.82, 2.24) is 0 Å². The van der Waals surface area contributed by atoms with E-state index >= 15 is 0 Å². The molecule has 1 aromatic rings. The first-order valence-corrected chi connectivity index (χ1v) is 5.25. The van der Waals surface area contributed by atoms with Crippen molar-refractivity contribution in [2.45, 2.75) is 13.3 Å². The van der Waals surface area contributed by atoms with Gasteiger partial charge in [0.2, 0.25) is 0 Å². The Morgan fingerprint density at radius 1 is 1.50 bits per heavy atom. The van der Waals surface area contributed by atoms with Crippen molar-refractivity contribution in [2.75, 3.05) is 5.73 Å². The third-order valence-corrected chi connectivity index (χ3v) is 2.08. The quantitative estimate of drug-likeness (QED) is 0.616. The van der Waals surface area contributed by atoms with Crippen LogP contribution in [0.5, 0.6) is 5.75 Å². The van der Waals surface area contributed by atoms with Crippen LogP contribution >= 0.6 is 0 Å². The van der Waals surface area contributed by atoms with E-state index in [0.717, 1.165) is 0 Å². The molecule has 0 spiro atoms. The molecule has 0 radical (unpaired) electrons. The average molecular weight is 219 g/mol. The average Bonchev–Trinajstić information content (AvgIpc) is 2.06. The third kappa shape index (κ3) is 2.88. The molecule has 1 rings (SSSR count). The van der Waals surface area contributed by atoms with Crippen molar-refractivity contribution in [2.24, 2.45) is 0 Å². The summed E-state index contributed by atoms with van der Waals surface area (Å²) < 4.78 is 36.5. The monoisotopic (exact) mass is 219 g/mol. The number of nitrogen functional groups attached to an aromatic ring is 1. The summed E-state index contributed by atoms with van der Waals surface area (Å²) in [6.45, 7) is 1.85. The lowest BCUT2D eigenvalue weighted by atomic mass is 10.1. The predicted octanol–water partition coefficient (Wildman–Crippen LogP) is 1.42. The molecule has 0 saturated carbocycles. The Kier molecular flexibility index (Phi) is 2.95. The van der Waals surface area contributed by atoms with Gasteiger partial charge >= 0.3 is 10.5 Å². The molecule has 1 aromatic carbocycles. The number of anilines is 1. The molecule has 0 saturated heterocycles. The highest BCUT2D eigenvalue weighted by Gasteiger charge is 2.10. The van der Waals surface area contributed by atoms with E-state index in [0.29, 0.717) is 17.7 Å². The van der Waals surface area contributed by atoms with Gasteiger partial charge < -0.3 is 9.92 Å². The number of nitrogens with two attached hydrogens (primary N) is 1. The van der Waals surface area contributed by atoms with Crippen LogP contribution in [0.3, 0.4) is 0 Å². The summed E-state index contributed by atoms with van der Waals surface area (Å²) in [6.07, 6.45) is 0.620. The maximum atomic E-state index is 12.1. The van der Waals surface area contributed by atoms with E-state index < -0.39 is 10.5 Å². The zero-order valence-electron chi connectivity index (χ0n) is 7.53. The topological polar surface area (TPSA) is 69.4 Å². The van der Waals surface area contributed by atoms with Crippen LogP contribution < -0.4 is 9.92 Å². The largest absolute Gasteiger partial charge is 0.488 e. The van der Waals surface area contributed by atoms with Crippen LogP contribution in [0.15, 0.2) is 18.2 Å². The first-order chi connectivity index (χ1) is 6.42. The molecule has 0 aliphatic rings. The molecule has 78 valence electrons. The summed E-state index contributed by atoms with van der Waals surface area (Å²) in [5, 5.41) is 0. The molecule has 14 heavy (non-hydrogen) atoms. The van der Waals surface area contributed by atoms with Crippen LogP contribution in [0.1, 0.15) is 12.5 Å². The first-order valence-electron chi connectivity index (χ1n) is 3.95. The van der Waals surface area contributed by atoms with E-state index in [4.69, 9.17) is 5.73 Å². The van der Waals surface area contributed by atoms with Crippen molar-refractivity contribution in [1.29, 1.82) is 0 Å². The Labute approximate surface area is 81.9 Å². The van der Waals surface area contributed by atoms with E-state index in [1.54, 1.807) is 0 Å². The summed E-state index contributed by atoms with van der Waals surface area (Å²) in [5.74, 6) is -0.0708. The molecule has 0 bridgehead atoms. The Morgan fingerprint density at radius 2 is 2.14 bits per heavy atom. The lowest BCUT2D eigenvalue weighted by Gasteiger charge is -2.05. The highest BCUT2D eigenvalue weighted by molar-refractivity contribution is 7.81. The van der Waals surface area contributed by atoms with Crippen LogP contribution in [-0.4, -0.2) is 8.42 Å². The SMILES string of the molecule is CCc1cc(OS(=O)(=O)F)ccc1N. The fraction of sp³-hybridized carbons (Fsp3) is 0.250. The number of aryl methyl sites for hydroxylation is 1. The van der Waals surface area contributed by atoms with Gasteiger partial charge in [-0.15, -0.1) is 0 Å². The maximum Gasteiger partial charge on any atom is 0.488 e.